The fraction of sp³-hybridized carbons (Fsp3) is 0.250. The van der Waals surface area contributed by atoms with Crippen LogP contribution in [0.1, 0.15) is 22.7 Å². The molecule has 0 amide bonds. The zero-order chi connectivity index (χ0) is 14.5. The van der Waals surface area contributed by atoms with E-state index in [1.54, 1.807) is 13.2 Å². The minimum Gasteiger partial charge on any atom is -0.384 e. The summed E-state index contributed by atoms with van der Waals surface area (Å²) in [7, 11) is 1.69. The van der Waals surface area contributed by atoms with Crippen molar-refractivity contribution in [2.45, 2.75) is 12.5 Å². The number of hydrogen-bond donors (Lipinski definition) is 1. The molecule has 0 saturated carbocycles. The molecule has 0 aliphatic heterocycles. The second kappa shape index (κ2) is 6.97. The molecule has 0 saturated heterocycles. The summed E-state index contributed by atoms with van der Waals surface area (Å²) in [6.45, 7) is 0.695. The summed E-state index contributed by atoms with van der Waals surface area (Å²) in [4.78, 5) is 0. The molecule has 0 fully saturated rings. The third kappa shape index (κ3) is 3.66. The van der Waals surface area contributed by atoms with Crippen molar-refractivity contribution >= 4 is 15.9 Å². The molecule has 4 heteroatoms. The van der Waals surface area contributed by atoms with E-state index >= 15 is 0 Å². The summed E-state index contributed by atoms with van der Waals surface area (Å²) in [5.74, 6) is -0.282. The molecule has 0 radical (unpaired) electrons. The summed E-state index contributed by atoms with van der Waals surface area (Å²) in [6.07, 6.45) is 0.871. The van der Waals surface area contributed by atoms with E-state index in [2.05, 4.69) is 15.9 Å². The van der Waals surface area contributed by atoms with Crippen molar-refractivity contribution in [2.24, 2.45) is 5.73 Å². The fourth-order valence-corrected chi connectivity index (χ4v) is 2.54. The van der Waals surface area contributed by atoms with E-state index in [9.17, 15) is 4.39 Å². The average Bonchev–Trinajstić information content (AvgIpc) is 2.47. The topological polar surface area (TPSA) is 35.2 Å². The standard InChI is InChI=1S/C16H17BrFNO/c1-20-9-8-11-2-4-12(5-3-11)16(19)14-10-13(18)6-7-15(14)17/h2-7,10,16H,8-9,19H2,1H3. The zero-order valence-electron chi connectivity index (χ0n) is 11.3. The molecule has 2 aromatic carbocycles. The first-order chi connectivity index (χ1) is 9.61. The monoisotopic (exact) mass is 337 g/mol. The molecule has 0 bridgehead atoms. The Morgan fingerprint density at radius 1 is 1.20 bits per heavy atom. The minimum atomic E-state index is -0.350. The summed E-state index contributed by atoms with van der Waals surface area (Å²) in [5.41, 5.74) is 9.11. The number of methoxy groups -OCH3 is 1. The van der Waals surface area contributed by atoms with Crippen LogP contribution >= 0.6 is 15.9 Å². The lowest BCUT2D eigenvalue weighted by Crippen LogP contribution is -2.13. The van der Waals surface area contributed by atoms with Crippen LogP contribution in [0.25, 0.3) is 0 Å². The van der Waals surface area contributed by atoms with Gasteiger partial charge in [-0.05, 0) is 41.3 Å². The van der Waals surface area contributed by atoms with Gasteiger partial charge in [0, 0.05) is 11.6 Å². The van der Waals surface area contributed by atoms with Gasteiger partial charge in [0.15, 0.2) is 0 Å². The predicted octanol–water partition coefficient (Wildman–Crippen LogP) is 3.83. The van der Waals surface area contributed by atoms with Crippen LogP contribution in [-0.4, -0.2) is 13.7 Å². The Morgan fingerprint density at radius 2 is 1.90 bits per heavy atom. The molecule has 0 spiro atoms. The van der Waals surface area contributed by atoms with E-state index in [1.165, 1.54) is 17.7 Å². The first-order valence-electron chi connectivity index (χ1n) is 6.40. The normalized spacial score (nSPS) is 12.4. The van der Waals surface area contributed by atoms with Crippen molar-refractivity contribution in [3.63, 3.8) is 0 Å². The van der Waals surface area contributed by atoms with Crippen molar-refractivity contribution in [1.29, 1.82) is 0 Å². The van der Waals surface area contributed by atoms with Gasteiger partial charge in [0.05, 0.1) is 12.6 Å². The van der Waals surface area contributed by atoms with Crippen LogP contribution in [-0.2, 0) is 11.2 Å². The highest BCUT2D eigenvalue weighted by molar-refractivity contribution is 9.10. The molecule has 0 aliphatic carbocycles. The quantitative estimate of drug-likeness (QED) is 0.899. The molecular formula is C16H17BrFNO. The Balaban J connectivity index is 2.20. The van der Waals surface area contributed by atoms with Crippen LogP contribution in [0, 0.1) is 5.82 Å². The molecule has 0 aliphatic rings. The SMILES string of the molecule is COCCc1ccc(C(N)c2cc(F)ccc2Br)cc1. The Morgan fingerprint density at radius 3 is 2.55 bits per heavy atom. The molecule has 1 atom stereocenters. The van der Waals surface area contributed by atoms with Crippen LogP contribution in [0.5, 0.6) is 0 Å². The Labute approximate surface area is 126 Å². The van der Waals surface area contributed by atoms with Gasteiger partial charge >= 0.3 is 0 Å². The number of halogens is 2. The van der Waals surface area contributed by atoms with Crippen LogP contribution in [0.4, 0.5) is 4.39 Å². The zero-order valence-corrected chi connectivity index (χ0v) is 12.9. The number of rotatable bonds is 5. The molecule has 0 aromatic heterocycles. The van der Waals surface area contributed by atoms with Crippen molar-refractivity contribution in [3.8, 4) is 0 Å². The van der Waals surface area contributed by atoms with Crippen molar-refractivity contribution in [2.75, 3.05) is 13.7 Å². The number of benzene rings is 2. The first-order valence-corrected chi connectivity index (χ1v) is 7.19. The molecule has 2 N–H and O–H groups in total. The Hall–Kier alpha value is -1.23. The van der Waals surface area contributed by atoms with Gasteiger partial charge < -0.3 is 10.5 Å². The van der Waals surface area contributed by atoms with Gasteiger partial charge in [0.1, 0.15) is 5.82 Å². The van der Waals surface area contributed by atoms with E-state index in [-0.39, 0.29) is 11.9 Å². The van der Waals surface area contributed by atoms with Gasteiger partial charge in [-0.2, -0.15) is 0 Å². The smallest absolute Gasteiger partial charge is 0.123 e. The molecule has 20 heavy (non-hydrogen) atoms. The molecule has 106 valence electrons. The summed E-state index contributed by atoms with van der Waals surface area (Å²) in [5, 5.41) is 0. The van der Waals surface area contributed by atoms with Crippen molar-refractivity contribution < 1.29 is 9.13 Å². The van der Waals surface area contributed by atoms with Crippen LogP contribution in [0.15, 0.2) is 46.9 Å². The van der Waals surface area contributed by atoms with E-state index in [0.717, 1.165) is 22.0 Å². The van der Waals surface area contributed by atoms with Gasteiger partial charge in [-0.25, -0.2) is 4.39 Å². The number of hydrogen-bond acceptors (Lipinski definition) is 2. The van der Waals surface area contributed by atoms with Gasteiger partial charge in [-0.3, -0.25) is 0 Å². The van der Waals surface area contributed by atoms with Gasteiger partial charge in [0.2, 0.25) is 0 Å². The summed E-state index contributed by atoms with van der Waals surface area (Å²) >= 11 is 3.41. The number of ether oxygens (including phenoxy) is 1. The summed E-state index contributed by atoms with van der Waals surface area (Å²) in [6, 6.07) is 12.2. The second-order valence-corrected chi connectivity index (χ2v) is 5.48. The molecule has 2 rings (SSSR count). The maximum atomic E-state index is 13.3. The Kier molecular flexibility index (Phi) is 5.29. The van der Waals surface area contributed by atoms with Crippen molar-refractivity contribution in [3.05, 3.63) is 69.4 Å². The van der Waals surface area contributed by atoms with E-state index < -0.39 is 0 Å². The lowest BCUT2D eigenvalue weighted by molar-refractivity contribution is 0.202. The molecular weight excluding hydrogens is 321 g/mol. The maximum Gasteiger partial charge on any atom is 0.123 e. The molecule has 2 aromatic rings. The Bertz CT molecular complexity index is 571. The third-order valence-corrected chi connectivity index (χ3v) is 3.95. The second-order valence-electron chi connectivity index (χ2n) is 4.63. The molecule has 2 nitrogen and oxygen atoms in total. The lowest BCUT2D eigenvalue weighted by atomic mass is 9.98. The maximum absolute atomic E-state index is 13.3. The molecule has 1 unspecified atom stereocenters. The average molecular weight is 338 g/mol. The fourth-order valence-electron chi connectivity index (χ4n) is 2.04. The van der Waals surface area contributed by atoms with Crippen LogP contribution < -0.4 is 5.73 Å². The van der Waals surface area contributed by atoms with Crippen LogP contribution in [0.2, 0.25) is 0 Å². The predicted molar refractivity (Wildman–Crippen MR) is 82.2 cm³/mol. The van der Waals surface area contributed by atoms with Gasteiger partial charge in [-0.15, -0.1) is 0 Å². The lowest BCUT2D eigenvalue weighted by Gasteiger charge is -2.15. The van der Waals surface area contributed by atoms with Gasteiger partial charge in [-0.1, -0.05) is 40.2 Å². The first kappa shape index (κ1) is 15.2. The minimum absolute atomic E-state index is 0.282. The van der Waals surface area contributed by atoms with E-state index in [1.807, 2.05) is 24.3 Å². The van der Waals surface area contributed by atoms with E-state index in [4.69, 9.17) is 10.5 Å². The van der Waals surface area contributed by atoms with Gasteiger partial charge in [0.25, 0.3) is 0 Å². The van der Waals surface area contributed by atoms with Crippen LogP contribution in [0.3, 0.4) is 0 Å². The highest BCUT2D eigenvalue weighted by Crippen LogP contribution is 2.27. The summed E-state index contributed by atoms with van der Waals surface area (Å²) < 4.78 is 19.2. The highest BCUT2D eigenvalue weighted by Gasteiger charge is 2.13. The number of nitrogens with two attached hydrogens (primary N) is 1. The van der Waals surface area contributed by atoms with Crippen molar-refractivity contribution in [1.82, 2.24) is 0 Å². The highest BCUT2D eigenvalue weighted by atomic mass is 79.9. The largest absolute Gasteiger partial charge is 0.384 e. The van der Waals surface area contributed by atoms with E-state index in [0.29, 0.717) is 6.61 Å². The third-order valence-electron chi connectivity index (χ3n) is 3.23. The molecule has 0 heterocycles.